The van der Waals surface area contributed by atoms with E-state index in [1.165, 1.54) is 0 Å². The maximum atomic E-state index is 12.5. The molecule has 1 fully saturated rings. The molecule has 3 rings (SSSR count). The minimum Gasteiger partial charge on any atom is -0.497 e. The smallest absolute Gasteiger partial charge is 0.221 e. The van der Waals surface area contributed by atoms with Crippen molar-refractivity contribution in [3.63, 3.8) is 0 Å². The molecule has 128 valence electrons. The van der Waals surface area contributed by atoms with E-state index < -0.39 is 0 Å². The summed E-state index contributed by atoms with van der Waals surface area (Å²) >= 11 is 5.73. The lowest BCUT2D eigenvalue weighted by atomic mass is 9.87. The molecule has 0 spiro atoms. The van der Waals surface area contributed by atoms with Crippen molar-refractivity contribution in [1.29, 1.82) is 0 Å². The van der Waals surface area contributed by atoms with Crippen molar-refractivity contribution >= 4 is 17.5 Å². The standard InChI is InChI=1S/C18H21ClN2O3/c1-23-14-6-4-5-13(11-14)18(9-2-3-10-18)20-17(22)8-7-15-12-16(19)21-24-15/h4-6,11-12H,2-3,7-10H2,1H3,(H,20,22). The minimum atomic E-state index is -0.301. The first-order valence-electron chi connectivity index (χ1n) is 8.18. The largest absolute Gasteiger partial charge is 0.497 e. The van der Waals surface area contributed by atoms with Gasteiger partial charge in [0.15, 0.2) is 5.15 Å². The highest BCUT2D eigenvalue weighted by Gasteiger charge is 2.37. The third-order valence-corrected chi connectivity index (χ3v) is 4.76. The minimum absolute atomic E-state index is 0.00671. The number of methoxy groups -OCH3 is 1. The summed E-state index contributed by atoms with van der Waals surface area (Å²) in [5, 5.41) is 7.18. The number of hydrogen-bond acceptors (Lipinski definition) is 4. The Kier molecular flexibility index (Phi) is 5.09. The summed E-state index contributed by atoms with van der Waals surface area (Å²) in [4.78, 5) is 12.5. The first-order valence-corrected chi connectivity index (χ1v) is 8.56. The topological polar surface area (TPSA) is 64.4 Å². The van der Waals surface area contributed by atoms with Crippen LogP contribution < -0.4 is 10.1 Å². The molecule has 1 saturated carbocycles. The molecule has 1 aliphatic rings. The number of carbonyl (C=O) groups is 1. The third-order valence-electron chi connectivity index (χ3n) is 4.59. The van der Waals surface area contributed by atoms with E-state index in [0.717, 1.165) is 37.0 Å². The van der Waals surface area contributed by atoms with E-state index in [0.29, 0.717) is 23.8 Å². The van der Waals surface area contributed by atoms with Crippen LogP contribution in [0.15, 0.2) is 34.9 Å². The van der Waals surface area contributed by atoms with Crippen LogP contribution in [0.2, 0.25) is 5.15 Å². The number of nitrogens with zero attached hydrogens (tertiary/aromatic N) is 1. The molecule has 6 heteroatoms. The van der Waals surface area contributed by atoms with E-state index in [1.54, 1.807) is 13.2 Å². The summed E-state index contributed by atoms with van der Waals surface area (Å²) in [7, 11) is 1.65. The maximum absolute atomic E-state index is 12.5. The monoisotopic (exact) mass is 348 g/mol. The Labute approximate surface area is 146 Å². The lowest BCUT2D eigenvalue weighted by molar-refractivity contribution is -0.123. The summed E-state index contributed by atoms with van der Waals surface area (Å²) in [5.41, 5.74) is 0.806. The van der Waals surface area contributed by atoms with Gasteiger partial charge in [0.1, 0.15) is 11.5 Å². The van der Waals surface area contributed by atoms with Crippen LogP contribution in [0, 0.1) is 0 Å². The zero-order valence-corrected chi connectivity index (χ0v) is 14.4. The average molecular weight is 349 g/mol. The van der Waals surface area contributed by atoms with E-state index in [9.17, 15) is 4.79 Å². The Morgan fingerprint density at radius 3 is 2.83 bits per heavy atom. The number of nitrogens with one attached hydrogen (secondary N) is 1. The zero-order chi connectivity index (χ0) is 17.0. The van der Waals surface area contributed by atoms with Gasteiger partial charge in [-0.2, -0.15) is 0 Å². The second kappa shape index (κ2) is 7.26. The Hall–Kier alpha value is -2.01. The normalized spacial score (nSPS) is 16.1. The molecule has 5 nitrogen and oxygen atoms in total. The SMILES string of the molecule is COc1cccc(C2(NC(=O)CCc3cc(Cl)no3)CCCC2)c1. The van der Waals surface area contributed by atoms with E-state index in [2.05, 4.69) is 16.5 Å². The van der Waals surface area contributed by atoms with Crippen molar-refractivity contribution in [1.82, 2.24) is 10.5 Å². The van der Waals surface area contributed by atoms with Crippen LogP contribution in [0.3, 0.4) is 0 Å². The summed E-state index contributed by atoms with van der Waals surface area (Å²) in [5.74, 6) is 1.44. The fourth-order valence-corrected chi connectivity index (χ4v) is 3.51. The first-order chi connectivity index (χ1) is 11.6. The second-order valence-electron chi connectivity index (χ2n) is 6.19. The predicted octanol–water partition coefficient (Wildman–Crippen LogP) is 3.85. The molecule has 1 aliphatic carbocycles. The lowest BCUT2D eigenvalue weighted by Crippen LogP contribution is -2.43. The van der Waals surface area contributed by atoms with Gasteiger partial charge in [-0.15, -0.1) is 0 Å². The second-order valence-corrected chi connectivity index (χ2v) is 6.57. The third kappa shape index (κ3) is 3.73. The molecule has 0 bridgehead atoms. The van der Waals surface area contributed by atoms with Gasteiger partial charge in [0.05, 0.1) is 12.6 Å². The number of aryl methyl sites for hydroxylation is 1. The van der Waals surface area contributed by atoms with E-state index in [1.807, 2.05) is 18.2 Å². The van der Waals surface area contributed by atoms with Gasteiger partial charge in [-0.3, -0.25) is 4.79 Å². The van der Waals surface area contributed by atoms with Gasteiger partial charge < -0.3 is 14.6 Å². The zero-order valence-electron chi connectivity index (χ0n) is 13.7. The Bertz CT molecular complexity index is 708. The average Bonchev–Trinajstić information content (AvgIpc) is 3.23. The van der Waals surface area contributed by atoms with Crippen molar-refractivity contribution in [3.8, 4) is 5.75 Å². The molecule has 1 amide bonds. The van der Waals surface area contributed by atoms with E-state index in [4.69, 9.17) is 20.9 Å². The number of carbonyl (C=O) groups excluding carboxylic acids is 1. The van der Waals surface area contributed by atoms with Crippen molar-refractivity contribution < 1.29 is 14.1 Å². The van der Waals surface area contributed by atoms with Crippen LogP contribution in [-0.4, -0.2) is 18.2 Å². The number of aromatic nitrogens is 1. The molecule has 0 saturated heterocycles. The highest BCUT2D eigenvalue weighted by molar-refractivity contribution is 6.29. The lowest BCUT2D eigenvalue weighted by Gasteiger charge is -2.31. The summed E-state index contributed by atoms with van der Waals surface area (Å²) in [6.45, 7) is 0. The summed E-state index contributed by atoms with van der Waals surface area (Å²) in [6, 6.07) is 9.60. The van der Waals surface area contributed by atoms with Crippen molar-refractivity contribution in [3.05, 3.63) is 46.8 Å². The van der Waals surface area contributed by atoms with Crippen LogP contribution >= 0.6 is 11.6 Å². The molecule has 0 unspecified atom stereocenters. The molecule has 1 heterocycles. The quantitative estimate of drug-likeness (QED) is 0.861. The maximum Gasteiger partial charge on any atom is 0.221 e. The summed E-state index contributed by atoms with van der Waals surface area (Å²) < 4.78 is 10.4. The number of benzene rings is 1. The van der Waals surface area contributed by atoms with Crippen LogP contribution in [0.4, 0.5) is 0 Å². The molecule has 0 atom stereocenters. The van der Waals surface area contributed by atoms with Crippen LogP contribution in [0.5, 0.6) is 5.75 Å². The van der Waals surface area contributed by atoms with Gasteiger partial charge in [-0.1, -0.05) is 41.7 Å². The van der Waals surface area contributed by atoms with Crippen molar-refractivity contribution in [2.75, 3.05) is 7.11 Å². The number of hydrogen-bond donors (Lipinski definition) is 1. The van der Waals surface area contributed by atoms with Crippen LogP contribution in [-0.2, 0) is 16.8 Å². The van der Waals surface area contributed by atoms with E-state index >= 15 is 0 Å². The van der Waals surface area contributed by atoms with Gasteiger partial charge in [0.2, 0.25) is 5.91 Å². The van der Waals surface area contributed by atoms with Gasteiger partial charge in [-0.25, -0.2) is 0 Å². The molecule has 0 aliphatic heterocycles. The molecular weight excluding hydrogens is 328 g/mol. The molecule has 1 N–H and O–H groups in total. The van der Waals surface area contributed by atoms with Crippen LogP contribution in [0.1, 0.15) is 43.4 Å². The molecule has 2 aromatic rings. The number of halogens is 1. The van der Waals surface area contributed by atoms with Gasteiger partial charge in [0, 0.05) is 18.9 Å². The Morgan fingerprint density at radius 2 is 2.17 bits per heavy atom. The molecule has 1 aromatic carbocycles. The first kappa shape index (κ1) is 16.8. The number of ether oxygens (including phenoxy) is 1. The number of amides is 1. The van der Waals surface area contributed by atoms with Crippen molar-refractivity contribution in [2.24, 2.45) is 0 Å². The highest BCUT2D eigenvalue weighted by atomic mass is 35.5. The Balaban J connectivity index is 1.69. The molecule has 1 aromatic heterocycles. The van der Waals surface area contributed by atoms with Crippen LogP contribution in [0.25, 0.3) is 0 Å². The van der Waals surface area contributed by atoms with Gasteiger partial charge in [-0.05, 0) is 30.5 Å². The fraction of sp³-hybridized carbons (Fsp3) is 0.444. The molecule has 0 radical (unpaired) electrons. The molecule has 24 heavy (non-hydrogen) atoms. The fourth-order valence-electron chi connectivity index (χ4n) is 3.36. The van der Waals surface area contributed by atoms with Crippen molar-refractivity contribution in [2.45, 2.75) is 44.1 Å². The van der Waals surface area contributed by atoms with Gasteiger partial charge in [0.25, 0.3) is 0 Å². The molecular formula is C18H21ClN2O3. The highest BCUT2D eigenvalue weighted by Crippen LogP contribution is 2.39. The van der Waals surface area contributed by atoms with E-state index in [-0.39, 0.29) is 11.4 Å². The Morgan fingerprint density at radius 1 is 1.38 bits per heavy atom. The predicted molar refractivity (Wildman–Crippen MR) is 91.1 cm³/mol. The van der Waals surface area contributed by atoms with Gasteiger partial charge >= 0.3 is 0 Å². The number of rotatable bonds is 6. The summed E-state index contributed by atoms with van der Waals surface area (Å²) in [6.07, 6.45) is 4.93.